The van der Waals surface area contributed by atoms with Gasteiger partial charge in [-0.25, -0.2) is 4.39 Å². The molecule has 0 spiro atoms. The zero-order chi connectivity index (χ0) is 16.7. The van der Waals surface area contributed by atoms with Crippen molar-refractivity contribution in [2.75, 3.05) is 0 Å². The van der Waals surface area contributed by atoms with Crippen LogP contribution < -0.4 is 0 Å². The molecule has 1 aliphatic rings. The summed E-state index contributed by atoms with van der Waals surface area (Å²) in [4.78, 5) is 4.37. The monoisotopic (exact) mass is 328 g/mol. The van der Waals surface area contributed by atoms with Gasteiger partial charge in [0.05, 0.1) is 18.8 Å². The van der Waals surface area contributed by atoms with Crippen LogP contribution in [0.4, 0.5) is 4.39 Å². The van der Waals surface area contributed by atoms with Crippen LogP contribution in [0.2, 0.25) is 0 Å². The molecule has 0 unspecified atom stereocenters. The number of hydrogen-bond donors (Lipinski definition) is 0. The van der Waals surface area contributed by atoms with Crippen molar-refractivity contribution in [2.45, 2.75) is 39.0 Å². The van der Waals surface area contributed by atoms with Crippen molar-refractivity contribution in [1.82, 2.24) is 19.9 Å². The Hall–Kier alpha value is -2.54. The standard InChI is InChI=1S/C17H17FN4O2/c1-10(2)16-19-17(24-21-16)14-7-13-9-23-15(8-22(13)20-14)11-3-5-12(18)6-4-11/h3-7,10,15H,8-9H2,1-2H3/t15-/m0/s1. The largest absolute Gasteiger partial charge is 0.365 e. The molecule has 2 aromatic heterocycles. The first-order valence-corrected chi connectivity index (χ1v) is 7.88. The van der Waals surface area contributed by atoms with Crippen LogP contribution in [0.5, 0.6) is 0 Å². The second-order valence-electron chi connectivity index (χ2n) is 6.17. The van der Waals surface area contributed by atoms with Crippen molar-refractivity contribution in [3.05, 3.63) is 53.2 Å². The van der Waals surface area contributed by atoms with Crippen molar-refractivity contribution < 1.29 is 13.7 Å². The SMILES string of the molecule is CC(C)c1noc(-c2cc3n(n2)C[C@@H](c2ccc(F)cc2)OC3)n1. The summed E-state index contributed by atoms with van der Waals surface area (Å²) in [6.07, 6.45) is -0.153. The molecule has 6 nitrogen and oxygen atoms in total. The molecule has 3 aromatic rings. The first-order valence-electron chi connectivity index (χ1n) is 7.88. The van der Waals surface area contributed by atoms with Crippen LogP contribution in [-0.2, 0) is 17.9 Å². The fourth-order valence-corrected chi connectivity index (χ4v) is 2.68. The highest BCUT2D eigenvalue weighted by Gasteiger charge is 2.24. The number of hydrogen-bond acceptors (Lipinski definition) is 5. The maximum atomic E-state index is 13.1. The minimum absolute atomic E-state index is 0.153. The fourth-order valence-electron chi connectivity index (χ4n) is 2.68. The first-order chi connectivity index (χ1) is 11.6. The van der Waals surface area contributed by atoms with Gasteiger partial charge in [0.2, 0.25) is 0 Å². The Morgan fingerprint density at radius 2 is 2.04 bits per heavy atom. The molecule has 4 rings (SSSR count). The summed E-state index contributed by atoms with van der Waals surface area (Å²) in [6.45, 7) is 5.01. The van der Waals surface area contributed by atoms with Gasteiger partial charge < -0.3 is 9.26 Å². The van der Waals surface area contributed by atoms with Gasteiger partial charge in [0.1, 0.15) is 11.9 Å². The second-order valence-corrected chi connectivity index (χ2v) is 6.17. The molecule has 24 heavy (non-hydrogen) atoms. The molecule has 124 valence electrons. The topological polar surface area (TPSA) is 66.0 Å². The predicted molar refractivity (Wildman–Crippen MR) is 83.5 cm³/mol. The minimum atomic E-state index is -0.256. The van der Waals surface area contributed by atoms with Gasteiger partial charge in [0.25, 0.3) is 5.89 Å². The third-order valence-corrected chi connectivity index (χ3v) is 4.05. The van der Waals surface area contributed by atoms with E-state index in [9.17, 15) is 4.39 Å². The molecule has 1 aliphatic heterocycles. The van der Waals surface area contributed by atoms with E-state index < -0.39 is 0 Å². The van der Waals surface area contributed by atoms with Crippen molar-refractivity contribution in [3.8, 4) is 11.6 Å². The number of fused-ring (bicyclic) bond motifs is 1. The molecule has 0 radical (unpaired) electrons. The maximum absolute atomic E-state index is 13.1. The fraction of sp³-hybridized carbons (Fsp3) is 0.353. The normalized spacial score (nSPS) is 17.2. The predicted octanol–water partition coefficient (Wildman–Crippen LogP) is 3.47. The number of benzene rings is 1. The lowest BCUT2D eigenvalue weighted by Gasteiger charge is -2.24. The molecule has 7 heteroatoms. The van der Waals surface area contributed by atoms with Gasteiger partial charge in [-0.1, -0.05) is 31.1 Å². The summed E-state index contributed by atoms with van der Waals surface area (Å²) in [7, 11) is 0. The lowest BCUT2D eigenvalue weighted by atomic mass is 10.1. The Bertz CT molecular complexity index is 854. The highest BCUT2D eigenvalue weighted by molar-refractivity contribution is 5.47. The third kappa shape index (κ3) is 2.71. The molecule has 1 aromatic carbocycles. The number of halogens is 1. The van der Waals surface area contributed by atoms with Gasteiger partial charge in [0.15, 0.2) is 11.5 Å². The molecule has 0 saturated heterocycles. The molecule has 0 N–H and O–H groups in total. The summed E-state index contributed by atoms with van der Waals surface area (Å²) >= 11 is 0. The van der Waals surface area contributed by atoms with E-state index in [-0.39, 0.29) is 17.8 Å². The van der Waals surface area contributed by atoms with Gasteiger partial charge >= 0.3 is 0 Å². The van der Waals surface area contributed by atoms with E-state index in [1.807, 2.05) is 24.6 Å². The average molecular weight is 328 g/mol. The van der Waals surface area contributed by atoms with E-state index in [0.29, 0.717) is 30.6 Å². The molecule has 0 aliphatic carbocycles. The smallest absolute Gasteiger partial charge is 0.278 e. The molecule has 0 amide bonds. The molecule has 1 atom stereocenters. The van der Waals surface area contributed by atoms with Crippen molar-refractivity contribution >= 4 is 0 Å². The van der Waals surface area contributed by atoms with Crippen molar-refractivity contribution in [1.29, 1.82) is 0 Å². The minimum Gasteiger partial charge on any atom is -0.365 e. The van der Waals surface area contributed by atoms with Gasteiger partial charge in [-0.2, -0.15) is 10.1 Å². The van der Waals surface area contributed by atoms with Crippen LogP contribution in [-0.4, -0.2) is 19.9 Å². The molecular weight excluding hydrogens is 311 g/mol. The molecular formula is C17H17FN4O2. The highest BCUT2D eigenvalue weighted by atomic mass is 19.1. The lowest BCUT2D eigenvalue weighted by Crippen LogP contribution is -2.21. The van der Waals surface area contributed by atoms with Crippen LogP contribution in [0, 0.1) is 5.82 Å². The Morgan fingerprint density at radius 1 is 1.25 bits per heavy atom. The molecule has 0 fully saturated rings. The van der Waals surface area contributed by atoms with E-state index in [1.165, 1.54) is 12.1 Å². The van der Waals surface area contributed by atoms with E-state index >= 15 is 0 Å². The molecule has 0 saturated carbocycles. The van der Waals surface area contributed by atoms with Gasteiger partial charge in [-0.3, -0.25) is 4.68 Å². The van der Waals surface area contributed by atoms with Crippen LogP contribution >= 0.6 is 0 Å². The lowest BCUT2D eigenvalue weighted by molar-refractivity contribution is -0.00116. The van der Waals surface area contributed by atoms with Crippen LogP contribution in [0.25, 0.3) is 11.6 Å². The number of rotatable bonds is 3. The van der Waals surface area contributed by atoms with Crippen molar-refractivity contribution in [3.63, 3.8) is 0 Å². The average Bonchev–Trinajstić information content (AvgIpc) is 3.21. The zero-order valence-corrected chi connectivity index (χ0v) is 13.4. The molecule has 0 bridgehead atoms. The number of nitrogens with zero attached hydrogens (tertiary/aromatic N) is 4. The first kappa shape index (κ1) is 15.0. The summed E-state index contributed by atoms with van der Waals surface area (Å²) in [5.41, 5.74) is 2.53. The van der Waals surface area contributed by atoms with Gasteiger partial charge in [-0.05, 0) is 23.8 Å². The summed E-state index contributed by atoms with van der Waals surface area (Å²) in [6, 6.07) is 8.26. The van der Waals surface area contributed by atoms with E-state index in [0.717, 1.165) is 11.3 Å². The Morgan fingerprint density at radius 3 is 2.75 bits per heavy atom. The zero-order valence-electron chi connectivity index (χ0n) is 13.4. The van der Waals surface area contributed by atoms with Gasteiger partial charge in [-0.15, -0.1) is 0 Å². The number of aromatic nitrogens is 4. The van der Waals surface area contributed by atoms with Crippen LogP contribution in [0.1, 0.15) is 43.0 Å². The maximum Gasteiger partial charge on any atom is 0.278 e. The van der Waals surface area contributed by atoms with E-state index in [2.05, 4.69) is 15.2 Å². The van der Waals surface area contributed by atoms with Crippen LogP contribution in [0.15, 0.2) is 34.9 Å². The summed E-state index contributed by atoms with van der Waals surface area (Å²) < 4.78 is 26.1. The Labute approximate surface area is 138 Å². The third-order valence-electron chi connectivity index (χ3n) is 4.05. The quantitative estimate of drug-likeness (QED) is 0.736. The second kappa shape index (κ2) is 5.83. The van der Waals surface area contributed by atoms with Gasteiger partial charge in [0, 0.05) is 5.92 Å². The summed E-state index contributed by atoms with van der Waals surface area (Å²) in [5.74, 6) is 1.02. The van der Waals surface area contributed by atoms with Crippen LogP contribution in [0.3, 0.4) is 0 Å². The molecule has 3 heterocycles. The highest BCUT2D eigenvalue weighted by Crippen LogP contribution is 2.29. The van der Waals surface area contributed by atoms with Crippen molar-refractivity contribution in [2.24, 2.45) is 0 Å². The number of ether oxygens (including phenoxy) is 1. The Balaban J connectivity index is 1.58. The van der Waals surface area contributed by atoms with E-state index in [4.69, 9.17) is 9.26 Å². The Kier molecular flexibility index (Phi) is 3.65. The van der Waals surface area contributed by atoms with E-state index in [1.54, 1.807) is 12.1 Å². The summed E-state index contributed by atoms with van der Waals surface area (Å²) in [5, 5.41) is 8.52.